The Hall–Kier alpha value is -2.48. The first kappa shape index (κ1) is 30.5. The number of halogens is 1. The van der Waals surface area contributed by atoms with E-state index in [1.165, 1.54) is 22.7 Å². The van der Waals surface area contributed by atoms with Crippen LogP contribution in [0.5, 0.6) is 0 Å². The lowest BCUT2D eigenvalue weighted by Gasteiger charge is -2.18. The molecule has 2 heterocycles. The number of amides is 2. The van der Waals surface area contributed by atoms with Gasteiger partial charge in [0.15, 0.2) is 4.80 Å². The average Bonchev–Trinajstić information content (AvgIpc) is 3.40. The molecule has 0 saturated heterocycles. The van der Waals surface area contributed by atoms with Gasteiger partial charge in [-0.05, 0) is 62.8 Å². The zero-order chi connectivity index (χ0) is 28.8. The molecular formula is C27H30BrN3O6S3. The van der Waals surface area contributed by atoms with Gasteiger partial charge in [0, 0.05) is 9.35 Å². The van der Waals surface area contributed by atoms with Crippen LogP contribution in [0.1, 0.15) is 48.0 Å². The summed E-state index contributed by atoms with van der Waals surface area (Å²) in [6.45, 7) is 6.12. The molecule has 1 aliphatic rings. The summed E-state index contributed by atoms with van der Waals surface area (Å²) in [5, 5.41) is 3.38. The summed E-state index contributed by atoms with van der Waals surface area (Å²) in [6, 6.07) is 5.61. The molecule has 40 heavy (non-hydrogen) atoms. The molecule has 0 radical (unpaired) electrons. The van der Waals surface area contributed by atoms with Crippen molar-refractivity contribution in [2.45, 2.75) is 46.6 Å². The first-order valence-corrected chi connectivity index (χ1v) is 16.5. The number of aromatic nitrogens is 1. The van der Waals surface area contributed by atoms with Gasteiger partial charge in [-0.15, -0.1) is 23.1 Å². The molecule has 1 atom stereocenters. The first-order valence-electron chi connectivity index (χ1n) is 12.9. The lowest BCUT2D eigenvalue weighted by Crippen LogP contribution is -2.23. The van der Waals surface area contributed by atoms with E-state index in [0.29, 0.717) is 21.3 Å². The topological polar surface area (TPSA) is 116 Å². The number of benzene rings is 1. The van der Waals surface area contributed by atoms with E-state index >= 15 is 0 Å². The zero-order valence-electron chi connectivity index (χ0n) is 22.4. The number of thiophene rings is 1. The predicted octanol–water partition coefficient (Wildman–Crippen LogP) is 5.19. The van der Waals surface area contributed by atoms with E-state index in [1.807, 2.05) is 18.2 Å². The normalized spacial score (nSPS) is 15.1. The molecule has 0 saturated carbocycles. The second-order valence-electron chi connectivity index (χ2n) is 9.21. The summed E-state index contributed by atoms with van der Waals surface area (Å²) >= 11 is 7.31. The Kier molecular flexibility index (Phi) is 10.6. The molecule has 3 aromatic rings. The van der Waals surface area contributed by atoms with Crippen LogP contribution in [0.4, 0.5) is 5.00 Å². The van der Waals surface area contributed by atoms with Crippen LogP contribution in [0.25, 0.3) is 10.2 Å². The average molecular weight is 669 g/mol. The van der Waals surface area contributed by atoms with Gasteiger partial charge in [-0.1, -0.05) is 34.2 Å². The third-order valence-corrected chi connectivity index (χ3v) is 9.78. The van der Waals surface area contributed by atoms with Gasteiger partial charge in [0.1, 0.15) is 11.5 Å². The summed E-state index contributed by atoms with van der Waals surface area (Å²) in [5.74, 6) is -1.05. The maximum absolute atomic E-state index is 12.8. The molecular weight excluding hydrogens is 638 g/mol. The minimum absolute atomic E-state index is 0.0185. The van der Waals surface area contributed by atoms with Crippen molar-refractivity contribution in [1.29, 1.82) is 0 Å². The molecule has 0 spiro atoms. The molecule has 1 N–H and O–H groups in total. The lowest BCUT2D eigenvalue weighted by molar-refractivity contribution is -0.143. The molecule has 0 aliphatic heterocycles. The fraction of sp³-hybridized carbons (Fsp3) is 0.444. The van der Waals surface area contributed by atoms with Crippen molar-refractivity contribution in [1.82, 2.24) is 4.57 Å². The molecule has 1 unspecified atom stereocenters. The number of thiazole rings is 1. The van der Waals surface area contributed by atoms with Crippen LogP contribution in [-0.2, 0) is 43.2 Å². The number of hydrogen-bond donors (Lipinski definition) is 1. The Morgan fingerprint density at radius 1 is 1.15 bits per heavy atom. The molecule has 2 amide bonds. The van der Waals surface area contributed by atoms with Gasteiger partial charge < -0.3 is 19.4 Å². The third kappa shape index (κ3) is 7.42. The maximum atomic E-state index is 12.8. The number of anilines is 1. The number of nitrogens with one attached hydrogen (secondary N) is 1. The molecule has 13 heteroatoms. The van der Waals surface area contributed by atoms with Gasteiger partial charge in [-0.3, -0.25) is 14.4 Å². The number of rotatable bonds is 10. The molecule has 0 bridgehead atoms. The molecule has 214 valence electrons. The summed E-state index contributed by atoms with van der Waals surface area (Å²) < 4.78 is 13.8. The van der Waals surface area contributed by atoms with E-state index in [4.69, 9.17) is 9.47 Å². The minimum Gasteiger partial charge on any atom is -0.465 e. The highest BCUT2D eigenvalue weighted by Crippen LogP contribution is 2.40. The van der Waals surface area contributed by atoms with Crippen molar-refractivity contribution in [2.75, 3.05) is 30.0 Å². The molecule has 1 aliphatic carbocycles. The van der Waals surface area contributed by atoms with Crippen LogP contribution >= 0.6 is 50.4 Å². The fourth-order valence-electron chi connectivity index (χ4n) is 4.41. The van der Waals surface area contributed by atoms with E-state index < -0.39 is 17.8 Å². The fourth-order valence-corrected chi connectivity index (χ4v) is 8.02. The van der Waals surface area contributed by atoms with Crippen molar-refractivity contribution in [2.24, 2.45) is 10.9 Å². The molecule has 4 rings (SSSR count). The van der Waals surface area contributed by atoms with Gasteiger partial charge in [0.2, 0.25) is 5.91 Å². The maximum Gasteiger partial charge on any atom is 0.341 e. The number of carbonyl (C=O) groups is 4. The number of fused-ring (bicyclic) bond motifs is 2. The van der Waals surface area contributed by atoms with Crippen molar-refractivity contribution in [3.63, 3.8) is 0 Å². The molecule has 0 fully saturated rings. The molecule has 1 aromatic carbocycles. The van der Waals surface area contributed by atoms with Gasteiger partial charge in [0.25, 0.3) is 5.91 Å². The van der Waals surface area contributed by atoms with Crippen LogP contribution in [0.15, 0.2) is 27.7 Å². The Morgan fingerprint density at radius 2 is 1.93 bits per heavy atom. The van der Waals surface area contributed by atoms with E-state index in [0.717, 1.165) is 56.2 Å². The highest BCUT2D eigenvalue weighted by Gasteiger charge is 2.29. The highest BCUT2D eigenvalue weighted by molar-refractivity contribution is 9.10. The van der Waals surface area contributed by atoms with Crippen LogP contribution in [0.3, 0.4) is 0 Å². The SMILES string of the molecule is CCOC(=O)Cn1c(=NC(=O)CSCC(=O)Nc2sc3c(c2C(=O)OCC)CCC(C)C3)sc2cc(Br)ccc21. The Labute approximate surface area is 252 Å². The second-order valence-corrected chi connectivity index (χ2v) is 13.2. The van der Waals surface area contributed by atoms with Gasteiger partial charge >= 0.3 is 11.9 Å². The number of esters is 2. The van der Waals surface area contributed by atoms with E-state index in [-0.39, 0.29) is 37.2 Å². The largest absolute Gasteiger partial charge is 0.465 e. The van der Waals surface area contributed by atoms with Crippen molar-refractivity contribution >= 4 is 89.3 Å². The zero-order valence-corrected chi connectivity index (χ0v) is 26.4. The van der Waals surface area contributed by atoms with Crippen LogP contribution in [0.2, 0.25) is 0 Å². The Bertz CT molecular complexity index is 1510. The van der Waals surface area contributed by atoms with Gasteiger partial charge in [0.05, 0.1) is 40.5 Å². The predicted molar refractivity (Wildman–Crippen MR) is 162 cm³/mol. The standard InChI is InChI=1S/C27H30BrN3O6S3/c1-4-36-23(34)12-31-18-9-7-16(28)11-20(18)40-27(31)30-22(33)14-38-13-21(32)29-25-24(26(35)37-5-2)17-8-6-15(3)10-19(17)39-25/h7,9,11,15H,4-6,8,10,12-14H2,1-3H3,(H,29,32). The summed E-state index contributed by atoms with van der Waals surface area (Å²) in [4.78, 5) is 56.1. The monoisotopic (exact) mass is 667 g/mol. The van der Waals surface area contributed by atoms with Crippen LogP contribution < -0.4 is 10.1 Å². The van der Waals surface area contributed by atoms with Gasteiger partial charge in [-0.2, -0.15) is 4.99 Å². The smallest absolute Gasteiger partial charge is 0.341 e. The number of hydrogen-bond acceptors (Lipinski definition) is 9. The quantitative estimate of drug-likeness (QED) is 0.296. The van der Waals surface area contributed by atoms with E-state index in [1.54, 1.807) is 18.4 Å². The van der Waals surface area contributed by atoms with Crippen LogP contribution in [0, 0.1) is 5.92 Å². The van der Waals surface area contributed by atoms with Crippen molar-refractivity contribution in [3.8, 4) is 0 Å². The number of ether oxygens (including phenoxy) is 2. The minimum atomic E-state index is -0.422. The molecule has 9 nitrogen and oxygen atoms in total. The second kappa shape index (κ2) is 13.9. The summed E-state index contributed by atoms with van der Waals surface area (Å²) in [7, 11) is 0. The van der Waals surface area contributed by atoms with E-state index in [2.05, 4.69) is 33.2 Å². The Morgan fingerprint density at radius 3 is 2.67 bits per heavy atom. The number of carbonyl (C=O) groups excluding carboxylic acids is 4. The lowest BCUT2D eigenvalue weighted by atomic mass is 9.88. The third-order valence-electron chi connectivity index (χ3n) is 6.16. The van der Waals surface area contributed by atoms with E-state index in [9.17, 15) is 19.2 Å². The molecule has 2 aromatic heterocycles. The summed E-state index contributed by atoms with van der Waals surface area (Å²) in [5.41, 5.74) is 2.20. The van der Waals surface area contributed by atoms with Gasteiger partial charge in [-0.25, -0.2) is 4.79 Å². The number of nitrogens with zero attached hydrogens (tertiary/aromatic N) is 2. The van der Waals surface area contributed by atoms with Crippen molar-refractivity contribution < 1.29 is 28.7 Å². The van der Waals surface area contributed by atoms with Crippen molar-refractivity contribution in [3.05, 3.63) is 43.5 Å². The Balaban J connectivity index is 1.43. The first-order chi connectivity index (χ1) is 19.2. The van der Waals surface area contributed by atoms with Crippen LogP contribution in [-0.4, -0.2) is 53.0 Å². The highest BCUT2D eigenvalue weighted by atomic mass is 79.9. The summed E-state index contributed by atoms with van der Waals surface area (Å²) in [6.07, 6.45) is 2.65. The number of thioether (sulfide) groups is 1.